The van der Waals surface area contributed by atoms with Crippen molar-refractivity contribution in [3.05, 3.63) is 65.5 Å². The number of hydrogen-bond acceptors (Lipinski definition) is 2. The third-order valence-corrected chi connectivity index (χ3v) is 8.30. The fraction of sp³-hybridized carbons (Fsp3) is 0.519. The zero-order valence-electron chi connectivity index (χ0n) is 18.3. The molecule has 162 valence electrons. The van der Waals surface area contributed by atoms with Crippen LogP contribution in [0, 0.1) is 11.8 Å². The zero-order valence-corrected chi connectivity index (χ0v) is 18.3. The van der Waals surface area contributed by atoms with Gasteiger partial charge >= 0.3 is 0 Å². The maximum Gasteiger partial charge on any atom is 0.250 e. The van der Waals surface area contributed by atoms with E-state index in [0.717, 1.165) is 43.2 Å². The third kappa shape index (κ3) is 3.45. The predicted molar refractivity (Wildman–Crippen MR) is 123 cm³/mol. The number of piperidine rings is 4. The van der Waals surface area contributed by atoms with E-state index < -0.39 is 0 Å². The van der Waals surface area contributed by atoms with Crippen LogP contribution in [-0.2, 0) is 11.3 Å². The van der Waals surface area contributed by atoms with E-state index in [1.807, 2.05) is 0 Å². The second-order valence-corrected chi connectivity index (χ2v) is 10.0. The Morgan fingerprint density at radius 1 is 0.968 bits per heavy atom. The van der Waals surface area contributed by atoms with Crippen LogP contribution in [0.15, 0.2) is 54.2 Å². The van der Waals surface area contributed by atoms with Gasteiger partial charge in [0.05, 0.1) is 0 Å². The number of carbonyl (C=O) groups excluding carboxylic acids is 1. The van der Waals surface area contributed by atoms with E-state index in [-0.39, 0.29) is 0 Å². The number of nitrogens with zero attached hydrogens (tertiary/aromatic N) is 3. The summed E-state index contributed by atoms with van der Waals surface area (Å²) in [6.07, 6.45) is 11.6. The standard InChI is InChI=1S/C27H33N3O/c31-27-21(17-23-10-5-16-29(23)18-20-7-2-1-3-8-20)12-13-25-24-11-6-15-28-14-4-9-22(26(24)28)19-30(25)27/h1-3,5,7-8,10,16-17,22,24-26H,4,6,9,11-15,18-19H2/b21-17+/t22-,24-,25-,26+/m1/s1. The molecule has 1 aromatic carbocycles. The molecule has 4 heteroatoms. The summed E-state index contributed by atoms with van der Waals surface area (Å²) in [6.45, 7) is 4.38. The molecule has 0 radical (unpaired) electrons. The Hall–Kier alpha value is -2.33. The lowest BCUT2D eigenvalue weighted by molar-refractivity contribution is -0.145. The summed E-state index contributed by atoms with van der Waals surface area (Å²) < 4.78 is 2.26. The molecule has 0 spiro atoms. The first-order valence-corrected chi connectivity index (χ1v) is 12.2. The maximum absolute atomic E-state index is 13.6. The van der Waals surface area contributed by atoms with Gasteiger partial charge in [0.25, 0.3) is 0 Å². The Bertz CT molecular complexity index is 975. The van der Waals surface area contributed by atoms with Crippen molar-refractivity contribution in [1.29, 1.82) is 0 Å². The molecule has 4 aliphatic rings. The number of amides is 1. The minimum Gasteiger partial charge on any atom is -0.344 e. The number of fused-ring (bicyclic) bond motifs is 2. The molecule has 0 saturated carbocycles. The Kier molecular flexibility index (Phi) is 4.98. The van der Waals surface area contributed by atoms with Gasteiger partial charge in [-0.2, -0.15) is 0 Å². The first-order chi connectivity index (χ1) is 15.3. The van der Waals surface area contributed by atoms with Crippen molar-refractivity contribution < 1.29 is 4.79 Å². The Balaban J connectivity index is 1.24. The topological polar surface area (TPSA) is 28.5 Å². The molecule has 2 aromatic rings. The monoisotopic (exact) mass is 415 g/mol. The summed E-state index contributed by atoms with van der Waals surface area (Å²) in [4.78, 5) is 18.7. The molecule has 4 nitrogen and oxygen atoms in total. The van der Waals surface area contributed by atoms with Gasteiger partial charge in [-0.3, -0.25) is 9.69 Å². The van der Waals surface area contributed by atoms with Crippen LogP contribution in [0.1, 0.15) is 49.8 Å². The fourth-order valence-electron chi connectivity index (χ4n) is 6.99. The molecule has 1 amide bonds. The number of aromatic nitrogens is 1. The van der Waals surface area contributed by atoms with Gasteiger partial charge in [0.2, 0.25) is 5.91 Å². The van der Waals surface area contributed by atoms with Crippen molar-refractivity contribution in [2.75, 3.05) is 19.6 Å². The van der Waals surface area contributed by atoms with Crippen molar-refractivity contribution in [2.24, 2.45) is 11.8 Å². The van der Waals surface area contributed by atoms with Crippen molar-refractivity contribution in [2.45, 2.75) is 57.2 Å². The number of hydrogen-bond donors (Lipinski definition) is 0. The fourth-order valence-corrected chi connectivity index (χ4v) is 6.99. The molecule has 4 fully saturated rings. The minimum absolute atomic E-state index is 0.310. The Morgan fingerprint density at radius 3 is 2.68 bits per heavy atom. The molecule has 4 atom stereocenters. The molecule has 6 rings (SSSR count). The summed E-state index contributed by atoms with van der Waals surface area (Å²) in [6, 6.07) is 16.0. The third-order valence-electron chi connectivity index (χ3n) is 8.30. The van der Waals surface area contributed by atoms with Gasteiger partial charge in [-0.1, -0.05) is 30.3 Å². The van der Waals surface area contributed by atoms with E-state index in [4.69, 9.17) is 0 Å². The number of carbonyl (C=O) groups is 1. The highest BCUT2D eigenvalue weighted by atomic mass is 16.2. The van der Waals surface area contributed by atoms with Crippen LogP contribution >= 0.6 is 0 Å². The van der Waals surface area contributed by atoms with E-state index >= 15 is 0 Å². The summed E-state index contributed by atoms with van der Waals surface area (Å²) in [5, 5.41) is 0. The van der Waals surface area contributed by atoms with Crippen LogP contribution in [0.25, 0.3) is 6.08 Å². The van der Waals surface area contributed by atoms with Gasteiger partial charge in [-0.05, 0) is 87.2 Å². The van der Waals surface area contributed by atoms with Crippen LogP contribution in [0.2, 0.25) is 0 Å². The summed E-state index contributed by atoms with van der Waals surface area (Å²) >= 11 is 0. The number of rotatable bonds is 3. The maximum atomic E-state index is 13.6. The lowest BCUT2D eigenvalue weighted by Crippen LogP contribution is -2.66. The molecular formula is C27H33N3O. The summed E-state index contributed by atoms with van der Waals surface area (Å²) in [5.41, 5.74) is 3.43. The summed E-state index contributed by atoms with van der Waals surface area (Å²) in [5.74, 6) is 1.69. The van der Waals surface area contributed by atoms with Gasteiger partial charge in [0, 0.05) is 42.6 Å². The predicted octanol–water partition coefficient (Wildman–Crippen LogP) is 4.42. The lowest BCUT2D eigenvalue weighted by Gasteiger charge is -2.58. The highest BCUT2D eigenvalue weighted by molar-refractivity contribution is 5.98. The second-order valence-electron chi connectivity index (χ2n) is 10.0. The van der Waals surface area contributed by atoms with Crippen LogP contribution in [-0.4, -0.2) is 52.0 Å². The van der Waals surface area contributed by atoms with Crippen LogP contribution in [0.4, 0.5) is 0 Å². The number of benzene rings is 1. The van der Waals surface area contributed by atoms with E-state index in [9.17, 15) is 4.79 Å². The zero-order chi connectivity index (χ0) is 20.8. The highest BCUT2D eigenvalue weighted by Gasteiger charge is 2.51. The average molecular weight is 416 g/mol. The van der Waals surface area contributed by atoms with Crippen molar-refractivity contribution >= 4 is 12.0 Å². The van der Waals surface area contributed by atoms with Crippen LogP contribution in [0.5, 0.6) is 0 Å². The molecule has 0 unspecified atom stereocenters. The first-order valence-electron chi connectivity index (χ1n) is 12.2. The van der Waals surface area contributed by atoms with E-state index in [1.54, 1.807) is 0 Å². The SMILES string of the molecule is O=C1/C(=C/c2cccn2Cc2ccccc2)CC[C@@H]2[C@H]3CCCN4CCC[C@H](CN12)[C@@H]34. The molecular weight excluding hydrogens is 382 g/mol. The Morgan fingerprint density at radius 2 is 1.81 bits per heavy atom. The van der Waals surface area contributed by atoms with Gasteiger partial charge in [0.15, 0.2) is 0 Å². The summed E-state index contributed by atoms with van der Waals surface area (Å²) in [7, 11) is 0. The first kappa shape index (κ1) is 19.4. The van der Waals surface area contributed by atoms with E-state index in [1.165, 1.54) is 44.3 Å². The molecule has 0 bridgehead atoms. The van der Waals surface area contributed by atoms with Gasteiger partial charge in [-0.15, -0.1) is 0 Å². The quantitative estimate of drug-likeness (QED) is 0.695. The smallest absolute Gasteiger partial charge is 0.250 e. The van der Waals surface area contributed by atoms with Gasteiger partial charge < -0.3 is 9.47 Å². The van der Waals surface area contributed by atoms with Crippen molar-refractivity contribution in [3.8, 4) is 0 Å². The van der Waals surface area contributed by atoms with Gasteiger partial charge in [-0.25, -0.2) is 0 Å². The van der Waals surface area contributed by atoms with Crippen LogP contribution < -0.4 is 0 Å². The molecule has 1 aromatic heterocycles. The minimum atomic E-state index is 0.310. The van der Waals surface area contributed by atoms with Crippen molar-refractivity contribution in [1.82, 2.24) is 14.4 Å². The van der Waals surface area contributed by atoms with E-state index in [0.29, 0.717) is 23.8 Å². The second kappa shape index (κ2) is 7.98. The van der Waals surface area contributed by atoms with Crippen LogP contribution in [0.3, 0.4) is 0 Å². The Labute approximate surface area is 185 Å². The lowest BCUT2D eigenvalue weighted by atomic mass is 9.67. The average Bonchev–Trinajstić information content (AvgIpc) is 3.23. The molecule has 4 saturated heterocycles. The molecule has 31 heavy (non-hydrogen) atoms. The van der Waals surface area contributed by atoms with E-state index in [2.05, 4.69) is 69.1 Å². The molecule has 0 N–H and O–H groups in total. The highest BCUT2D eigenvalue weighted by Crippen LogP contribution is 2.45. The van der Waals surface area contributed by atoms with Crippen molar-refractivity contribution in [3.63, 3.8) is 0 Å². The molecule has 4 aliphatic heterocycles. The normalized spacial score (nSPS) is 32.1. The largest absolute Gasteiger partial charge is 0.344 e. The molecule has 0 aliphatic carbocycles. The molecule has 5 heterocycles. The van der Waals surface area contributed by atoms with Gasteiger partial charge in [0.1, 0.15) is 0 Å².